The van der Waals surface area contributed by atoms with Crippen LogP contribution in [0.25, 0.3) is 11.3 Å². The molecule has 9 heteroatoms. The molecule has 0 unspecified atom stereocenters. The molecule has 2 aromatic carbocycles. The van der Waals surface area contributed by atoms with Crippen LogP contribution in [-0.2, 0) is 13.0 Å². The second kappa shape index (κ2) is 10.3. The number of aromatic nitrogens is 5. The summed E-state index contributed by atoms with van der Waals surface area (Å²) in [5.74, 6) is 1.05. The van der Waals surface area contributed by atoms with Crippen LogP contribution in [0.15, 0.2) is 60.8 Å². The van der Waals surface area contributed by atoms with Crippen LogP contribution < -0.4 is 10.6 Å². The fourth-order valence-electron chi connectivity index (χ4n) is 4.61. The van der Waals surface area contributed by atoms with Crippen molar-refractivity contribution in [3.8, 4) is 11.3 Å². The lowest BCUT2D eigenvalue weighted by Crippen LogP contribution is -2.45. The number of aromatic amines is 2. The number of rotatable bonds is 8. The predicted molar refractivity (Wildman–Crippen MR) is 136 cm³/mol. The summed E-state index contributed by atoms with van der Waals surface area (Å²) in [6.45, 7) is 3.76. The van der Waals surface area contributed by atoms with Gasteiger partial charge in [-0.2, -0.15) is 10.1 Å². The Bertz CT molecular complexity index is 1160. The summed E-state index contributed by atoms with van der Waals surface area (Å²) in [5.41, 5.74) is 10.5. The molecule has 4 aromatic rings. The monoisotopic (exact) mass is 476 g/mol. The number of nitrogens with zero attached hydrogens (tertiary/aromatic N) is 5. The summed E-state index contributed by atoms with van der Waals surface area (Å²) in [7, 11) is 0. The van der Waals surface area contributed by atoms with Gasteiger partial charge in [-0.1, -0.05) is 48.0 Å². The Balaban J connectivity index is 1.27. The summed E-state index contributed by atoms with van der Waals surface area (Å²) in [6.07, 6.45) is 4.89. The van der Waals surface area contributed by atoms with E-state index in [2.05, 4.69) is 71.6 Å². The molecule has 1 fully saturated rings. The van der Waals surface area contributed by atoms with Gasteiger partial charge >= 0.3 is 0 Å². The van der Waals surface area contributed by atoms with Crippen molar-refractivity contribution in [1.82, 2.24) is 30.3 Å². The van der Waals surface area contributed by atoms with Gasteiger partial charge in [-0.3, -0.25) is 10.00 Å². The third-order valence-corrected chi connectivity index (χ3v) is 6.78. The molecule has 0 spiro atoms. The van der Waals surface area contributed by atoms with E-state index in [1.165, 1.54) is 11.1 Å². The topological polar surface area (TPSA) is 103 Å². The highest BCUT2D eigenvalue weighted by atomic mass is 35.5. The molecular formula is C25H29ClN8. The summed E-state index contributed by atoms with van der Waals surface area (Å²) in [4.78, 5) is 9.14. The Morgan fingerprint density at radius 2 is 1.71 bits per heavy atom. The van der Waals surface area contributed by atoms with E-state index in [1.807, 2.05) is 18.2 Å². The minimum absolute atomic E-state index is 0.292. The average molecular weight is 477 g/mol. The molecule has 0 amide bonds. The first-order chi connectivity index (χ1) is 16.6. The summed E-state index contributed by atoms with van der Waals surface area (Å²) in [5, 5.41) is 14.8. The van der Waals surface area contributed by atoms with Crippen molar-refractivity contribution in [1.29, 1.82) is 0 Å². The lowest BCUT2D eigenvalue weighted by atomic mass is 10.0. The lowest BCUT2D eigenvalue weighted by molar-refractivity contribution is 0.162. The van der Waals surface area contributed by atoms with E-state index in [9.17, 15) is 0 Å². The van der Waals surface area contributed by atoms with Gasteiger partial charge in [0.2, 0.25) is 11.9 Å². The number of halogens is 1. The summed E-state index contributed by atoms with van der Waals surface area (Å²) in [6, 6.07) is 19.4. The molecule has 1 saturated heterocycles. The minimum atomic E-state index is 0.292. The van der Waals surface area contributed by atoms with Gasteiger partial charge in [0.05, 0.1) is 5.69 Å². The lowest BCUT2D eigenvalue weighted by Gasteiger charge is -2.38. The average Bonchev–Trinajstić information content (AvgIpc) is 3.56. The molecule has 4 N–H and O–H groups in total. The van der Waals surface area contributed by atoms with Gasteiger partial charge in [-0.05, 0) is 54.2 Å². The maximum absolute atomic E-state index is 6.08. The van der Waals surface area contributed by atoms with Crippen LogP contribution in [0.4, 0.5) is 11.9 Å². The standard InChI is InChI=1S/C25H29ClN8/c26-21-7-3-18(4-8-21)10-14-34(17-19-1-5-20(6-2-19)23-9-13-28-30-23)22-11-15-33(16-12-22)25-29-24(27)31-32-25/h1-9,13,22H,10-12,14-17H2,(H,28,30)(H3,27,29,31,32). The van der Waals surface area contributed by atoms with Crippen molar-refractivity contribution < 1.29 is 0 Å². The molecule has 0 atom stereocenters. The van der Waals surface area contributed by atoms with Gasteiger partial charge in [-0.15, -0.1) is 5.10 Å². The zero-order valence-electron chi connectivity index (χ0n) is 19.0. The van der Waals surface area contributed by atoms with Crippen molar-refractivity contribution in [3.63, 3.8) is 0 Å². The Morgan fingerprint density at radius 1 is 0.971 bits per heavy atom. The number of H-pyrrole nitrogens is 2. The summed E-state index contributed by atoms with van der Waals surface area (Å²) >= 11 is 6.08. The van der Waals surface area contributed by atoms with Crippen LogP contribution in [0.2, 0.25) is 5.02 Å². The van der Waals surface area contributed by atoms with Crippen LogP contribution in [0.1, 0.15) is 24.0 Å². The van der Waals surface area contributed by atoms with E-state index in [0.717, 1.165) is 67.7 Å². The third kappa shape index (κ3) is 5.40. The maximum atomic E-state index is 6.08. The quantitative estimate of drug-likeness (QED) is 0.353. The van der Waals surface area contributed by atoms with Crippen LogP contribution in [0, 0.1) is 0 Å². The first-order valence-electron chi connectivity index (χ1n) is 11.6. The fourth-order valence-corrected chi connectivity index (χ4v) is 4.73. The van der Waals surface area contributed by atoms with Crippen molar-refractivity contribution in [2.45, 2.75) is 31.8 Å². The Labute approximate surface area is 204 Å². The van der Waals surface area contributed by atoms with Gasteiger partial charge in [-0.25, -0.2) is 5.10 Å². The van der Waals surface area contributed by atoms with Gasteiger partial charge in [0.25, 0.3) is 0 Å². The molecular weight excluding hydrogens is 448 g/mol. The van der Waals surface area contributed by atoms with E-state index in [4.69, 9.17) is 17.3 Å². The van der Waals surface area contributed by atoms with Crippen molar-refractivity contribution >= 4 is 23.5 Å². The van der Waals surface area contributed by atoms with E-state index in [-0.39, 0.29) is 0 Å². The molecule has 1 aliphatic heterocycles. The molecule has 3 heterocycles. The van der Waals surface area contributed by atoms with Crippen molar-refractivity contribution in [2.24, 2.45) is 0 Å². The molecule has 5 rings (SSSR count). The van der Waals surface area contributed by atoms with Crippen molar-refractivity contribution in [2.75, 3.05) is 30.3 Å². The number of hydrogen-bond donors (Lipinski definition) is 3. The van der Waals surface area contributed by atoms with Crippen LogP contribution in [0.5, 0.6) is 0 Å². The highest BCUT2D eigenvalue weighted by Gasteiger charge is 2.26. The zero-order valence-corrected chi connectivity index (χ0v) is 19.7. The number of piperidine rings is 1. The Morgan fingerprint density at radius 3 is 2.35 bits per heavy atom. The number of benzene rings is 2. The normalized spacial score (nSPS) is 14.7. The predicted octanol–water partition coefficient (Wildman–Crippen LogP) is 4.14. The highest BCUT2D eigenvalue weighted by Crippen LogP contribution is 2.24. The van der Waals surface area contributed by atoms with Crippen LogP contribution in [-0.4, -0.2) is 56.0 Å². The largest absolute Gasteiger partial charge is 0.366 e. The molecule has 1 aliphatic rings. The van der Waals surface area contributed by atoms with Crippen molar-refractivity contribution in [3.05, 3.63) is 76.9 Å². The second-order valence-corrected chi connectivity index (χ2v) is 9.19. The SMILES string of the molecule is Nc1n[nH]c(N2CCC(N(CCc3ccc(Cl)cc3)Cc3ccc(-c4ccn[nH]4)cc3)CC2)n1. The zero-order chi connectivity index (χ0) is 23.3. The molecule has 0 saturated carbocycles. The molecule has 8 nitrogen and oxygen atoms in total. The Hall–Kier alpha value is -3.36. The van der Waals surface area contributed by atoms with E-state index in [1.54, 1.807) is 6.20 Å². The highest BCUT2D eigenvalue weighted by molar-refractivity contribution is 6.30. The number of anilines is 2. The number of nitrogens with one attached hydrogen (secondary N) is 2. The van der Waals surface area contributed by atoms with E-state index < -0.39 is 0 Å². The number of nitrogens with two attached hydrogens (primary N) is 1. The first-order valence-corrected chi connectivity index (χ1v) is 12.0. The molecule has 2 aromatic heterocycles. The number of nitrogen functional groups attached to an aromatic ring is 1. The third-order valence-electron chi connectivity index (χ3n) is 6.52. The molecule has 0 aliphatic carbocycles. The van der Waals surface area contributed by atoms with E-state index in [0.29, 0.717) is 12.0 Å². The van der Waals surface area contributed by atoms with Crippen LogP contribution in [0.3, 0.4) is 0 Å². The molecule has 0 radical (unpaired) electrons. The van der Waals surface area contributed by atoms with Gasteiger partial charge in [0.1, 0.15) is 0 Å². The van der Waals surface area contributed by atoms with Gasteiger partial charge < -0.3 is 10.6 Å². The smallest absolute Gasteiger partial charge is 0.241 e. The maximum Gasteiger partial charge on any atom is 0.241 e. The molecule has 176 valence electrons. The molecule has 34 heavy (non-hydrogen) atoms. The molecule has 0 bridgehead atoms. The van der Waals surface area contributed by atoms with Gasteiger partial charge in [0.15, 0.2) is 0 Å². The minimum Gasteiger partial charge on any atom is -0.366 e. The number of hydrogen-bond acceptors (Lipinski definition) is 6. The Kier molecular flexibility index (Phi) is 6.78. The first kappa shape index (κ1) is 22.4. The second-order valence-electron chi connectivity index (χ2n) is 8.75. The fraction of sp³-hybridized carbons (Fsp3) is 0.320. The summed E-state index contributed by atoms with van der Waals surface area (Å²) < 4.78 is 0. The van der Waals surface area contributed by atoms with E-state index >= 15 is 0 Å². The van der Waals surface area contributed by atoms with Gasteiger partial charge in [0, 0.05) is 43.4 Å². The van der Waals surface area contributed by atoms with Crippen LogP contribution >= 0.6 is 11.6 Å².